The highest BCUT2D eigenvalue weighted by molar-refractivity contribution is 5.29. The highest BCUT2D eigenvalue weighted by Crippen LogP contribution is 2.76. The quantitative estimate of drug-likeness (QED) is 0.729. The number of rotatable bonds is 2. The lowest BCUT2D eigenvalue weighted by Gasteiger charge is -2.60. The van der Waals surface area contributed by atoms with E-state index in [2.05, 4.69) is 26.8 Å². The molecule has 2 heteroatoms. The third-order valence-electron chi connectivity index (χ3n) is 9.92. The van der Waals surface area contributed by atoms with E-state index < -0.39 is 0 Å². The van der Waals surface area contributed by atoms with Crippen molar-refractivity contribution in [1.29, 1.82) is 0 Å². The molecule has 25 heavy (non-hydrogen) atoms. The van der Waals surface area contributed by atoms with Gasteiger partial charge in [0, 0.05) is 12.5 Å². The molecular weight excluding hydrogens is 308 g/mol. The van der Waals surface area contributed by atoms with Crippen LogP contribution in [0.3, 0.4) is 0 Å². The SMILES string of the molecule is CC[C@@H]1[C@H]2C[C@H]2[C@H]2[C@@H]3[C@@H](CO)C=C4C[C@@H](O)CC[C@]4(C)[C@H]3CC[C@@]21C. The summed E-state index contributed by atoms with van der Waals surface area (Å²) >= 11 is 0. The van der Waals surface area contributed by atoms with Crippen LogP contribution in [0.25, 0.3) is 0 Å². The van der Waals surface area contributed by atoms with Crippen molar-refractivity contribution in [2.45, 2.75) is 71.8 Å². The lowest BCUT2D eigenvalue weighted by molar-refractivity contribution is -0.0895. The van der Waals surface area contributed by atoms with E-state index in [0.717, 1.165) is 48.9 Å². The summed E-state index contributed by atoms with van der Waals surface area (Å²) in [6, 6.07) is 0. The van der Waals surface area contributed by atoms with Gasteiger partial charge in [0.1, 0.15) is 0 Å². The highest BCUT2D eigenvalue weighted by Gasteiger charge is 2.70. The van der Waals surface area contributed by atoms with Gasteiger partial charge in [-0.25, -0.2) is 0 Å². The molecule has 5 aliphatic rings. The first-order valence-corrected chi connectivity index (χ1v) is 10.9. The van der Waals surface area contributed by atoms with Crippen molar-refractivity contribution in [2.24, 2.45) is 52.3 Å². The molecule has 4 fully saturated rings. The predicted molar refractivity (Wildman–Crippen MR) is 99.8 cm³/mol. The molecule has 5 rings (SSSR count). The molecule has 0 unspecified atom stereocenters. The number of aliphatic hydroxyl groups excluding tert-OH is 2. The summed E-state index contributed by atoms with van der Waals surface area (Å²) in [5.41, 5.74) is 2.28. The average Bonchev–Trinajstić information content (AvgIpc) is 3.30. The summed E-state index contributed by atoms with van der Waals surface area (Å²) in [6.07, 6.45) is 10.8. The van der Waals surface area contributed by atoms with Gasteiger partial charge in [-0.3, -0.25) is 0 Å². The van der Waals surface area contributed by atoms with Crippen LogP contribution in [0.15, 0.2) is 11.6 Å². The number of hydrogen-bond acceptors (Lipinski definition) is 2. The van der Waals surface area contributed by atoms with Crippen LogP contribution < -0.4 is 0 Å². The fourth-order valence-electron chi connectivity index (χ4n) is 8.84. The van der Waals surface area contributed by atoms with E-state index in [-0.39, 0.29) is 11.5 Å². The van der Waals surface area contributed by atoms with E-state index in [4.69, 9.17) is 0 Å². The van der Waals surface area contributed by atoms with E-state index >= 15 is 0 Å². The first-order chi connectivity index (χ1) is 11.9. The van der Waals surface area contributed by atoms with E-state index in [1.165, 1.54) is 31.3 Å². The monoisotopic (exact) mass is 344 g/mol. The predicted octanol–water partition coefficient (Wildman–Crippen LogP) is 4.41. The molecule has 2 nitrogen and oxygen atoms in total. The number of hydrogen-bond donors (Lipinski definition) is 2. The first-order valence-electron chi connectivity index (χ1n) is 10.9. The fourth-order valence-corrected chi connectivity index (χ4v) is 8.84. The van der Waals surface area contributed by atoms with E-state index in [9.17, 15) is 10.2 Å². The second-order valence-electron chi connectivity index (χ2n) is 10.7. The van der Waals surface area contributed by atoms with Crippen molar-refractivity contribution in [3.63, 3.8) is 0 Å². The Kier molecular flexibility index (Phi) is 3.60. The maximum atomic E-state index is 10.3. The van der Waals surface area contributed by atoms with Crippen LogP contribution in [0.1, 0.15) is 65.7 Å². The van der Waals surface area contributed by atoms with Crippen molar-refractivity contribution in [1.82, 2.24) is 0 Å². The van der Waals surface area contributed by atoms with Gasteiger partial charge in [-0.15, -0.1) is 0 Å². The molecule has 0 bridgehead atoms. The van der Waals surface area contributed by atoms with E-state index in [0.29, 0.717) is 23.9 Å². The Bertz CT molecular complexity index is 597. The smallest absolute Gasteiger partial charge is 0.0577 e. The Labute approximate surface area is 153 Å². The zero-order valence-corrected chi connectivity index (χ0v) is 16.2. The van der Waals surface area contributed by atoms with Crippen LogP contribution >= 0.6 is 0 Å². The summed E-state index contributed by atoms with van der Waals surface area (Å²) in [7, 11) is 0. The van der Waals surface area contributed by atoms with Gasteiger partial charge in [0.25, 0.3) is 0 Å². The molecule has 0 heterocycles. The summed E-state index contributed by atoms with van der Waals surface area (Å²) < 4.78 is 0. The minimum absolute atomic E-state index is 0.159. The zero-order valence-electron chi connectivity index (χ0n) is 16.2. The minimum Gasteiger partial charge on any atom is -0.396 e. The second kappa shape index (κ2) is 5.35. The van der Waals surface area contributed by atoms with Gasteiger partial charge in [0.15, 0.2) is 0 Å². The van der Waals surface area contributed by atoms with Crippen LogP contribution in [-0.2, 0) is 0 Å². The van der Waals surface area contributed by atoms with Gasteiger partial charge < -0.3 is 10.2 Å². The van der Waals surface area contributed by atoms with Crippen molar-refractivity contribution in [3.05, 3.63) is 11.6 Å². The third kappa shape index (κ3) is 2.05. The van der Waals surface area contributed by atoms with E-state index in [1.807, 2.05) is 0 Å². The molecule has 0 aromatic rings. The lowest BCUT2D eigenvalue weighted by atomic mass is 9.44. The average molecular weight is 345 g/mol. The largest absolute Gasteiger partial charge is 0.396 e. The standard InChI is InChI=1S/C23H36O2/c1-4-18-16-11-17(16)21-20-13(12-24)9-14-10-15(25)5-7-22(14,2)19(20)6-8-23(18,21)3/h9,13,15-21,24-25H,4-8,10-12H2,1-3H3/t13-,15+,16+,17-,18-,19+,20-,21+,22+,23-/m1/s1. The molecule has 0 aromatic heterocycles. The van der Waals surface area contributed by atoms with Gasteiger partial charge in [-0.05, 0) is 84.9 Å². The molecule has 0 amide bonds. The van der Waals surface area contributed by atoms with Gasteiger partial charge in [0.05, 0.1) is 6.10 Å². The van der Waals surface area contributed by atoms with Crippen LogP contribution in [-0.4, -0.2) is 22.9 Å². The van der Waals surface area contributed by atoms with Crippen LogP contribution in [0.5, 0.6) is 0 Å². The van der Waals surface area contributed by atoms with Gasteiger partial charge in [0.2, 0.25) is 0 Å². The molecule has 0 saturated heterocycles. The maximum absolute atomic E-state index is 10.3. The Balaban J connectivity index is 1.57. The molecular formula is C23H36O2. The Morgan fingerprint density at radius 3 is 2.68 bits per heavy atom. The molecule has 0 aliphatic heterocycles. The molecule has 5 aliphatic carbocycles. The van der Waals surface area contributed by atoms with Crippen LogP contribution in [0.2, 0.25) is 0 Å². The van der Waals surface area contributed by atoms with Crippen molar-refractivity contribution >= 4 is 0 Å². The molecule has 0 radical (unpaired) electrons. The molecule has 10 atom stereocenters. The lowest BCUT2D eigenvalue weighted by Crippen LogP contribution is -2.54. The molecule has 4 saturated carbocycles. The summed E-state index contributed by atoms with van der Waals surface area (Å²) in [5.74, 6) is 5.44. The van der Waals surface area contributed by atoms with Gasteiger partial charge in [-0.2, -0.15) is 0 Å². The van der Waals surface area contributed by atoms with Crippen molar-refractivity contribution in [2.75, 3.05) is 6.61 Å². The first kappa shape index (κ1) is 16.8. The van der Waals surface area contributed by atoms with Crippen LogP contribution in [0.4, 0.5) is 0 Å². The second-order valence-corrected chi connectivity index (χ2v) is 10.7. The van der Waals surface area contributed by atoms with E-state index in [1.54, 1.807) is 0 Å². The third-order valence-corrected chi connectivity index (χ3v) is 9.92. The fraction of sp³-hybridized carbons (Fsp3) is 0.913. The number of fused-ring (bicyclic) bond motifs is 7. The van der Waals surface area contributed by atoms with Crippen LogP contribution in [0, 0.1) is 52.3 Å². The minimum atomic E-state index is -0.159. The molecule has 0 spiro atoms. The van der Waals surface area contributed by atoms with Gasteiger partial charge in [-0.1, -0.05) is 38.8 Å². The van der Waals surface area contributed by atoms with Gasteiger partial charge >= 0.3 is 0 Å². The highest BCUT2D eigenvalue weighted by atomic mass is 16.3. The van der Waals surface area contributed by atoms with Crippen molar-refractivity contribution in [3.8, 4) is 0 Å². The summed E-state index contributed by atoms with van der Waals surface area (Å²) in [4.78, 5) is 0. The van der Waals surface area contributed by atoms with Crippen molar-refractivity contribution < 1.29 is 10.2 Å². The Hall–Kier alpha value is -0.340. The topological polar surface area (TPSA) is 40.5 Å². The molecule has 2 N–H and O–H groups in total. The Morgan fingerprint density at radius 2 is 1.96 bits per heavy atom. The maximum Gasteiger partial charge on any atom is 0.0577 e. The molecule has 0 aromatic carbocycles. The zero-order chi connectivity index (χ0) is 17.6. The summed E-state index contributed by atoms with van der Waals surface area (Å²) in [6.45, 7) is 7.81. The molecule has 140 valence electrons. The summed E-state index contributed by atoms with van der Waals surface area (Å²) in [5, 5.41) is 20.5. The Morgan fingerprint density at radius 1 is 1.16 bits per heavy atom. The normalized spacial score (nSPS) is 59.3. The number of aliphatic hydroxyl groups is 2.